The summed E-state index contributed by atoms with van der Waals surface area (Å²) < 4.78 is 0. The lowest BCUT2D eigenvalue weighted by Crippen LogP contribution is -2.10. The number of carbonyl (C=O) groups excluding carboxylic acids is 2. The van der Waals surface area contributed by atoms with Crippen LogP contribution in [0.25, 0.3) is 0 Å². The summed E-state index contributed by atoms with van der Waals surface area (Å²) in [6.07, 6.45) is 1.91. The molecule has 5 rings (SSSR count). The lowest BCUT2D eigenvalue weighted by Gasteiger charge is -2.13. The number of fused-ring (bicyclic) bond motifs is 2. The number of benzene rings is 4. The Morgan fingerprint density at radius 3 is 1.28 bits per heavy atom. The monoisotopic (exact) mass is 476 g/mol. The Morgan fingerprint density at radius 1 is 0.556 bits per heavy atom. The molecule has 0 N–H and O–H groups in total. The average Bonchev–Trinajstić information content (AvgIpc) is 3.05. The second-order valence-electron chi connectivity index (χ2n) is 9.36. The molecule has 36 heavy (non-hydrogen) atoms. The molecule has 1 aliphatic carbocycles. The first-order valence-corrected chi connectivity index (χ1v) is 12.1. The van der Waals surface area contributed by atoms with Crippen LogP contribution in [-0.4, -0.2) is 39.8 Å². The van der Waals surface area contributed by atoms with Crippen molar-refractivity contribution < 1.29 is 9.59 Å². The number of nitrogens with zero attached hydrogens (tertiary/aromatic N) is 2. The van der Waals surface area contributed by atoms with Crippen molar-refractivity contribution in [2.75, 3.05) is 38.0 Å². The second kappa shape index (κ2) is 11.0. The zero-order valence-corrected chi connectivity index (χ0v) is 21.4. The summed E-state index contributed by atoms with van der Waals surface area (Å²) in [6.45, 7) is 0. The van der Waals surface area contributed by atoms with Crippen LogP contribution in [0.5, 0.6) is 0 Å². The van der Waals surface area contributed by atoms with E-state index in [9.17, 15) is 9.59 Å². The normalized spacial score (nSPS) is 11.8. The highest BCUT2D eigenvalue weighted by atomic mass is 16.1. The van der Waals surface area contributed by atoms with E-state index >= 15 is 0 Å². The standard InChI is InChI=1S/C17H20N2O.C15H12O/c1-18(2)15-9-5-13(6-10-15)17(20)14-7-11-16(12-8-14)19(3)4;16-15-13-7-3-1-5-11(13)9-10-12-6-2-4-8-14(12)15/h5-12H,1-4H3;1-8H,9-10H2. The Bertz CT molecular complexity index is 1250. The molecule has 182 valence electrons. The molecule has 4 aromatic carbocycles. The molecule has 0 spiro atoms. The SMILES string of the molecule is CN(C)c1ccc(C(=O)c2ccc(N(C)C)cc2)cc1.O=C1c2ccccc2CCc2ccccc21. The third-order valence-corrected chi connectivity index (χ3v) is 6.48. The van der Waals surface area contributed by atoms with Gasteiger partial charge >= 0.3 is 0 Å². The number of hydrogen-bond acceptors (Lipinski definition) is 4. The average molecular weight is 477 g/mol. The van der Waals surface area contributed by atoms with Crippen molar-refractivity contribution in [2.45, 2.75) is 12.8 Å². The smallest absolute Gasteiger partial charge is 0.193 e. The van der Waals surface area contributed by atoms with Gasteiger partial charge in [-0.25, -0.2) is 0 Å². The molecule has 0 saturated heterocycles. The minimum atomic E-state index is 0.0561. The van der Waals surface area contributed by atoms with Gasteiger partial charge in [0.2, 0.25) is 0 Å². The van der Waals surface area contributed by atoms with Crippen LogP contribution >= 0.6 is 0 Å². The Kier molecular flexibility index (Phi) is 7.65. The third-order valence-electron chi connectivity index (χ3n) is 6.48. The summed E-state index contributed by atoms with van der Waals surface area (Å²) in [7, 11) is 7.93. The van der Waals surface area contributed by atoms with Gasteiger partial charge in [-0.05, 0) is 72.5 Å². The zero-order chi connectivity index (χ0) is 25.7. The van der Waals surface area contributed by atoms with E-state index in [2.05, 4.69) is 12.1 Å². The largest absolute Gasteiger partial charge is 0.378 e. The molecule has 0 atom stereocenters. The van der Waals surface area contributed by atoms with Crippen LogP contribution in [0.15, 0.2) is 97.1 Å². The van der Waals surface area contributed by atoms with E-state index in [-0.39, 0.29) is 11.6 Å². The molecule has 0 saturated carbocycles. The van der Waals surface area contributed by atoms with E-state index in [0.717, 1.165) is 35.3 Å². The second-order valence-corrected chi connectivity index (χ2v) is 9.36. The van der Waals surface area contributed by atoms with Gasteiger partial charge in [-0.15, -0.1) is 0 Å². The van der Waals surface area contributed by atoms with Crippen LogP contribution in [-0.2, 0) is 12.8 Å². The Balaban J connectivity index is 0.000000173. The lowest BCUT2D eigenvalue weighted by atomic mass is 9.99. The maximum Gasteiger partial charge on any atom is 0.193 e. The van der Waals surface area contributed by atoms with Gasteiger partial charge in [0.25, 0.3) is 0 Å². The molecule has 0 fully saturated rings. The zero-order valence-electron chi connectivity index (χ0n) is 21.4. The molecule has 0 aromatic heterocycles. The number of hydrogen-bond donors (Lipinski definition) is 0. The fraction of sp³-hybridized carbons (Fsp3) is 0.188. The van der Waals surface area contributed by atoms with Crippen LogP contribution in [0.2, 0.25) is 0 Å². The van der Waals surface area contributed by atoms with Gasteiger partial charge in [0, 0.05) is 61.8 Å². The fourth-order valence-corrected chi connectivity index (χ4v) is 4.32. The summed E-state index contributed by atoms with van der Waals surface area (Å²) in [5.41, 5.74) is 7.68. The van der Waals surface area contributed by atoms with E-state index < -0.39 is 0 Å². The van der Waals surface area contributed by atoms with Crippen molar-refractivity contribution in [3.63, 3.8) is 0 Å². The lowest BCUT2D eigenvalue weighted by molar-refractivity contribution is 0.103. The highest BCUT2D eigenvalue weighted by molar-refractivity contribution is 6.11. The minimum absolute atomic E-state index is 0.0561. The highest BCUT2D eigenvalue weighted by Crippen LogP contribution is 2.24. The van der Waals surface area contributed by atoms with Crippen molar-refractivity contribution in [1.29, 1.82) is 0 Å². The van der Waals surface area contributed by atoms with E-state index in [1.54, 1.807) is 0 Å². The van der Waals surface area contributed by atoms with Crippen LogP contribution in [0, 0.1) is 0 Å². The summed E-state index contributed by atoms with van der Waals surface area (Å²) in [5.74, 6) is 0.226. The molecule has 0 unspecified atom stereocenters. The van der Waals surface area contributed by atoms with Gasteiger partial charge in [0.1, 0.15) is 0 Å². The third kappa shape index (κ3) is 5.55. The number of rotatable bonds is 4. The van der Waals surface area contributed by atoms with Crippen molar-refractivity contribution in [2.24, 2.45) is 0 Å². The summed E-state index contributed by atoms with van der Waals surface area (Å²) in [4.78, 5) is 28.7. The molecule has 0 bridgehead atoms. The van der Waals surface area contributed by atoms with Gasteiger partial charge in [-0.1, -0.05) is 48.5 Å². The Hall–Kier alpha value is -4.18. The first-order valence-electron chi connectivity index (χ1n) is 12.1. The van der Waals surface area contributed by atoms with E-state index in [0.29, 0.717) is 11.1 Å². The highest BCUT2D eigenvalue weighted by Gasteiger charge is 2.19. The summed E-state index contributed by atoms with van der Waals surface area (Å²) in [5, 5.41) is 0. The topological polar surface area (TPSA) is 40.6 Å². The van der Waals surface area contributed by atoms with Gasteiger partial charge in [0.15, 0.2) is 11.6 Å². The number of anilines is 2. The maximum absolute atomic E-state index is 12.4. The van der Waals surface area contributed by atoms with Gasteiger partial charge < -0.3 is 9.80 Å². The van der Waals surface area contributed by atoms with Crippen LogP contribution < -0.4 is 9.80 Å². The number of ketones is 2. The summed E-state index contributed by atoms with van der Waals surface area (Å²) >= 11 is 0. The summed E-state index contributed by atoms with van der Waals surface area (Å²) in [6, 6.07) is 31.2. The van der Waals surface area contributed by atoms with Crippen LogP contribution in [0.4, 0.5) is 11.4 Å². The van der Waals surface area contributed by atoms with Crippen molar-refractivity contribution >= 4 is 22.9 Å². The van der Waals surface area contributed by atoms with Gasteiger partial charge in [-0.2, -0.15) is 0 Å². The Labute approximate surface area is 213 Å². The predicted octanol–water partition coefficient (Wildman–Crippen LogP) is 6.07. The molecular weight excluding hydrogens is 444 g/mol. The van der Waals surface area contributed by atoms with Crippen molar-refractivity contribution in [3.8, 4) is 0 Å². The molecule has 0 heterocycles. The van der Waals surface area contributed by atoms with Crippen LogP contribution in [0.1, 0.15) is 43.0 Å². The molecule has 0 aliphatic heterocycles. The van der Waals surface area contributed by atoms with E-state index in [1.807, 2.05) is 123 Å². The molecule has 4 heteroatoms. The van der Waals surface area contributed by atoms with Crippen molar-refractivity contribution in [3.05, 3.63) is 130 Å². The van der Waals surface area contributed by atoms with Crippen LogP contribution in [0.3, 0.4) is 0 Å². The maximum atomic E-state index is 12.4. The number of carbonyl (C=O) groups is 2. The molecule has 1 aliphatic rings. The molecule has 0 radical (unpaired) electrons. The van der Waals surface area contributed by atoms with E-state index in [4.69, 9.17) is 0 Å². The first kappa shape index (κ1) is 24.9. The van der Waals surface area contributed by atoms with Gasteiger partial charge in [0.05, 0.1) is 0 Å². The predicted molar refractivity (Wildman–Crippen MR) is 149 cm³/mol. The van der Waals surface area contributed by atoms with Crippen molar-refractivity contribution in [1.82, 2.24) is 0 Å². The number of aryl methyl sites for hydroxylation is 2. The van der Waals surface area contributed by atoms with E-state index in [1.165, 1.54) is 11.1 Å². The molecular formula is C32H32N2O2. The fourth-order valence-electron chi connectivity index (χ4n) is 4.32. The molecule has 4 nitrogen and oxygen atoms in total. The minimum Gasteiger partial charge on any atom is -0.378 e. The van der Waals surface area contributed by atoms with Gasteiger partial charge in [-0.3, -0.25) is 9.59 Å². The molecule has 0 amide bonds. The molecule has 4 aromatic rings. The first-order chi connectivity index (χ1) is 17.3. The Morgan fingerprint density at radius 2 is 0.917 bits per heavy atom. The quantitative estimate of drug-likeness (QED) is 0.336.